The molecule has 0 atom stereocenters. The summed E-state index contributed by atoms with van der Waals surface area (Å²) in [6.07, 6.45) is 1.75. The van der Waals surface area contributed by atoms with Gasteiger partial charge < -0.3 is 4.57 Å². The number of rotatable bonds is 3. The SMILES string of the molecule is CCCn1c(Cl)c(C=O)c2ccc(Cl)cc21. The quantitative estimate of drug-likeness (QED) is 0.755. The standard InChI is InChI=1S/C12H11Cl2NO/c1-2-5-15-11-6-8(13)3-4-9(11)10(7-16)12(15)14/h3-4,6-7H,2,5H2,1H3. The fraction of sp³-hybridized carbons (Fsp3) is 0.250. The second-order valence-corrected chi connectivity index (χ2v) is 4.43. The Kier molecular flexibility index (Phi) is 3.22. The number of fused-ring (bicyclic) bond motifs is 1. The molecule has 1 aromatic heterocycles. The first kappa shape index (κ1) is 11.5. The van der Waals surface area contributed by atoms with E-state index >= 15 is 0 Å². The average molecular weight is 256 g/mol. The minimum absolute atomic E-state index is 0.495. The molecule has 0 saturated heterocycles. The molecule has 2 nitrogen and oxygen atoms in total. The van der Waals surface area contributed by atoms with E-state index < -0.39 is 0 Å². The predicted molar refractivity (Wildman–Crippen MR) is 67.6 cm³/mol. The lowest BCUT2D eigenvalue weighted by molar-refractivity contribution is 0.112. The molecule has 0 aliphatic rings. The van der Waals surface area contributed by atoms with Crippen molar-refractivity contribution in [1.82, 2.24) is 4.57 Å². The lowest BCUT2D eigenvalue weighted by Gasteiger charge is -2.04. The van der Waals surface area contributed by atoms with Crippen LogP contribution >= 0.6 is 23.2 Å². The molecule has 1 aromatic carbocycles. The van der Waals surface area contributed by atoms with E-state index in [1.807, 2.05) is 16.7 Å². The first-order valence-electron chi connectivity index (χ1n) is 5.11. The molecule has 2 aromatic rings. The molecule has 4 heteroatoms. The molecule has 0 N–H and O–H groups in total. The smallest absolute Gasteiger partial charge is 0.153 e. The largest absolute Gasteiger partial charge is 0.331 e. The molecular weight excluding hydrogens is 245 g/mol. The van der Waals surface area contributed by atoms with Gasteiger partial charge in [-0.15, -0.1) is 0 Å². The van der Waals surface area contributed by atoms with Crippen LogP contribution in [0.1, 0.15) is 23.7 Å². The summed E-state index contributed by atoms with van der Waals surface area (Å²) < 4.78 is 1.92. The summed E-state index contributed by atoms with van der Waals surface area (Å²) >= 11 is 12.1. The Balaban J connectivity index is 2.80. The van der Waals surface area contributed by atoms with Crippen LogP contribution in [-0.2, 0) is 6.54 Å². The van der Waals surface area contributed by atoms with Crippen LogP contribution in [0.3, 0.4) is 0 Å². The number of carbonyl (C=O) groups excluding carboxylic acids is 1. The Morgan fingerprint density at radius 1 is 1.38 bits per heavy atom. The third kappa shape index (κ3) is 1.72. The van der Waals surface area contributed by atoms with Crippen LogP contribution in [-0.4, -0.2) is 10.9 Å². The molecule has 0 fully saturated rings. The van der Waals surface area contributed by atoms with Crippen LogP contribution in [0.15, 0.2) is 18.2 Å². The molecule has 0 unspecified atom stereocenters. The number of benzene rings is 1. The van der Waals surface area contributed by atoms with Gasteiger partial charge in [0.05, 0.1) is 11.1 Å². The zero-order chi connectivity index (χ0) is 11.7. The highest BCUT2D eigenvalue weighted by molar-refractivity contribution is 6.35. The van der Waals surface area contributed by atoms with Gasteiger partial charge in [-0.1, -0.05) is 36.2 Å². The minimum atomic E-state index is 0.495. The van der Waals surface area contributed by atoms with Gasteiger partial charge in [-0.25, -0.2) is 0 Å². The summed E-state index contributed by atoms with van der Waals surface area (Å²) in [5.41, 5.74) is 1.46. The van der Waals surface area contributed by atoms with E-state index in [4.69, 9.17) is 23.2 Å². The van der Waals surface area contributed by atoms with Gasteiger partial charge in [0.1, 0.15) is 5.15 Å². The Labute approximate surface area is 104 Å². The molecule has 0 bridgehead atoms. The van der Waals surface area contributed by atoms with Gasteiger partial charge in [0, 0.05) is 17.0 Å². The number of aldehydes is 1. The fourth-order valence-corrected chi connectivity index (χ4v) is 2.36. The fourth-order valence-electron chi connectivity index (χ4n) is 1.87. The molecule has 0 radical (unpaired) electrons. The van der Waals surface area contributed by atoms with Crippen molar-refractivity contribution in [3.8, 4) is 0 Å². The van der Waals surface area contributed by atoms with Crippen LogP contribution in [0, 0.1) is 0 Å². The topological polar surface area (TPSA) is 22.0 Å². The maximum Gasteiger partial charge on any atom is 0.153 e. The van der Waals surface area contributed by atoms with E-state index in [0.29, 0.717) is 15.7 Å². The van der Waals surface area contributed by atoms with Crippen molar-refractivity contribution in [3.05, 3.63) is 33.9 Å². The van der Waals surface area contributed by atoms with Gasteiger partial charge in [0.15, 0.2) is 6.29 Å². The molecule has 0 aliphatic carbocycles. The molecule has 0 aliphatic heterocycles. The first-order valence-corrected chi connectivity index (χ1v) is 5.87. The van der Waals surface area contributed by atoms with E-state index in [2.05, 4.69) is 6.92 Å². The second-order valence-electron chi connectivity index (χ2n) is 3.64. The Hall–Kier alpha value is -0.990. The highest BCUT2D eigenvalue weighted by atomic mass is 35.5. The third-order valence-corrected chi connectivity index (χ3v) is 3.21. The number of hydrogen-bond acceptors (Lipinski definition) is 1. The van der Waals surface area contributed by atoms with Crippen molar-refractivity contribution in [2.45, 2.75) is 19.9 Å². The van der Waals surface area contributed by atoms with Crippen molar-refractivity contribution in [2.24, 2.45) is 0 Å². The van der Waals surface area contributed by atoms with Crippen LogP contribution in [0.5, 0.6) is 0 Å². The number of carbonyl (C=O) groups is 1. The lowest BCUT2D eigenvalue weighted by atomic mass is 10.2. The number of aryl methyl sites for hydroxylation is 1. The first-order chi connectivity index (χ1) is 7.69. The summed E-state index contributed by atoms with van der Waals surface area (Å²) in [5, 5.41) is 2.00. The van der Waals surface area contributed by atoms with Gasteiger partial charge in [-0.05, 0) is 18.6 Å². The molecule has 2 rings (SSSR count). The Morgan fingerprint density at radius 3 is 2.75 bits per heavy atom. The molecule has 0 saturated carbocycles. The molecule has 84 valence electrons. The maximum atomic E-state index is 11.0. The zero-order valence-electron chi connectivity index (χ0n) is 8.84. The Morgan fingerprint density at radius 2 is 2.12 bits per heavy atom. The minimum Gasteiger partial charge on any atom is -0.331 e. The molecule has 0 spiro atoms. The van der Waals surface area contributed by atoms with Gasteiger partial charge >= 0.3 is 0 Å². The highest BCUT2D eigenvalue weighted by Crippen LogP contribution is 2.30. The number of aromatic nitrogens is 1. The van der Waals surface area contributed by atoms with Crippen molar-refractivity contribution < 1.29 is 4.79 Å². The van der Waals surface area contributed by atoms with Gasteiger partial charge in [0.2, 0.25) is 0 Å². The lowest BCUT2D eigenvalue weighted by Crippen LogP contribution is -1.96. The summed E-state index contributed by atoms with van der Waals surface area (Å²) in [4.78, 5) is 11.0. The van der Waals surface area contributed by atoms with Crippen molar-refractivity contribution >= 4 is 40.4 Å². The van der Waals surface area contributed by atoms with E-state index in [1.165, 1.54) is 0 Å². The van der Waals surface area contributed by atoms with Crippen LogP contribution in [0.25, 0.3) is 10.9 Å². The number of hydrogen-bond donors (Lipinski definition) is 0. The van der Waals surface area contributed by atoms with Gasteiger partial charge in [-0.3, -0.25) is 4.79 Å². The molecule has 16 heavy (non-hydrogen) atoms. The average Bonchev–Trinajstić information content (AvgIpc) is 2.52. The van der Waals surface area contributed by atoms with Gasteiger partial charge in [-0.2, -0.15) is 0 Å². The van der Waals surface area contributed by atoms with Crippen molar-refractivity contribution in [3.63, 3.8) is 0 Å². The number of halogens is 2. The summed E-state index contributed by atoms with van der Waals surface area (Å²) in [7, 11) is 0. The van der Waals surface area contributed by atoms with E-state index in [-0.39, 0.29) is 0 Å². The normalized spacial score (nSPS) is 10.9. The van der Waals surface area contributed by atoms with E-state index in [0.717, 1.165) is 30.2 Å². The monoisotopic (exact) mass is 255 g/mol. The third-order valence-electron chi connectivity index (χ3n) is 2.57. The van der Waals surface area contributed by atoms with Crippen LogP contribution < -0.4 is 0 Å². The number of nitrogens with zero attached hydrogens (tertiary/aromatic N) is 1. The van der Waals surface area contributed by atoms with Crippen LogP contribution in [0.2, 0.25) is 10.2 Å². The Bertz CT molecular complexity index is 545. The van der Waals surface area contributed by atoms with Crippen molar-refractivity contribution in [1.29, 1.82) is 0 Å². The van der Waals surface area contributed by atoms with Crippen LogP contribution in [0.4, 0.5) is 0 Å². The van der Waals surface area contributed by atoms with E-state index in [1.54, 1.807) is 6.07 Å². The molecule has 1 heterocycles. The summed E-state index contributed by atoms with van der Waals surface area (Å²) in [5.74, 6) is 0. The van der Waals surface area contributed by atoms with E-state index in [9.17, 15) is 4.79 Å². The summed E-state index contributed by atoms with van der Waals surface area (Å²) in [6.45, 7) is 2.84. The van der Waals surface area contributed by atoms with Gasteiger partial charge in [0.25, 0.3) is 0 Å². The molecular formula is C12H11Cl2NO. The summed E-state index contributed by atoms with van der Waals surface area (Å²) in [6, 6.07) is 5.44. The second kappa shape index (κ2) is 4.48. The zero-order valence-corrected chi connectivity index (χ0v) is 10.3. The highest BCUT2D eigenvalue weighted by Gasteiger charge is 2.14. The maximum absolute atomic E-state index is 11.0. The predicted octanol–water partition coefficient (Wildman–Crippen LogP) is 4.17. The molecule has 0 amide bonds. The van der Waals surface area contributed by atoms with Crippen molar-refractivity contribution in [2.75, 3.05) is 0 Å².